The number of nitrogens with zero attached hydrogens (tertiary/aromatic N) is 1. The van der Waals surface area contributed by atoms with Gasteiger partial charge in [0.25, 0.3) is 0 Å². The van der Waals surface area contributed by atoms with Crippen LogP contribution in [0.5, 0.6) is 0 Å². The molecule has 2 amide bonds. The Hall–Kier alpha value is -1.18. The van der Waals surface area contributed by atoms with Gasteiger partial charge in [0.05, 0.1) is 19.3 Å². The number of carbonyl (C=O) groups excluding carboxylic acids is 2. The highest BCUT2D eigenvalue weighted by Gasteiger charge is 2.43. The summed E-state index contributed by atoms with van der Waals surface area (Å²) in [5.74, 6) is 2.16. The minimum absolute atomic E-state index is 0.00538. The lowest BCUT2D eigenvalue weighted by Gasteiger charge is -2.37. The van der Waals surface area contributed by atoms with Crippen LogP contribution in [-0.4, -0.2) is 73.7 Å². The first kappa shape index (κ1) is 24.0. The van der Waals surface area contributed by atoms with Crippen LogP contribution in [0.15, 0.2) is 0 Å². The van der Waals surface area contributed by atoms with Crippen LogP contribution in [0, 0.1) is 17.8 Å². The fourth-order valence-electron chi connectivity index (χ4n) is 6.65. The molecule has 0 aromatic rings. The van der Waals surface area contributed by atoms with Crippen molar-refractivity contribution in [1.82, 2.24) is 20.9 Å². The van der Waals surface area contributed by atoms with Crippen molar-refractivity contribution in [3.8, 4) is 0 Å². The van der Waals surface area contributed by atoms with E-state index in [4.69, 9.17) is 4.74 Å². The van der Waals surface area contributed by atoms with Gasteiger partial charge in [0, 0.05) is 37.6 Å². The number of hydrogen-bond donors (Lipinski definition) is 3. The summed E-state index contributed by atoms with van der Waals surface area (Å²) in [6.07, 6.45) is 9.51. The van der Waals surface area contributed by atoms with Gasteiger partial charge in [-0.05, 0) is 62.8 Å². The highest BCUT2D eigenvalue weighted by atomic mass is 16.5. The molecule has 3 heterocycles. The molecular weight excluding hydrogens is 404 g/mol. The molecule has 7 nitrogen and oxygen atoms in total. The Kier molecular flexibility index (Phi) is 8.46. The van der Waals surface area contributed by atoms with Crippen molar-refractivity contribution in [1.29, 1.82) is 0 Å². The summed E-state index contributed by atoms with van der Waals surface area (Å²) in [5.41, 5.74) is 0. The highest BCUT2D eigenvalue weighted by Crippen LogP contribution is 2.38. The maximum atomic E-state index is 13.4. The summed E-state index contributed by atoms with van der Waals surface area (Å²) < 4.78 is 5.38. The lowest BCUT2D eigenvalue weighted by Crippen LogP contribution is -2.58. The first-order valence-corrected chi connectivity index (χ1v) is 13.2. The number of piperidine rings is 1. The second-order valence-corrected chi connectivity index (χ2v) is 10.6. The Bertz CT molecular complexity index is 639. The van der Waals surface area contributed by atoms with Gasteiger partial charge in [-0.15, -0.1) is 0 Å². The van der Waals surface area contributed by atoms with Gasteiger partial charge in [-0.1, -0.05) is 26.7 Å². The minimum Gasteiger partial charge on any atom is -0.378 e. The zero-order valence-electron chi connectivity index (χ0n) is 20.1. The third kappa shape index (κ3) is 5.65. The van der Waals surface area contributed by atoms with Gasteiger partial charge < -0.3 is 25.6 Å². The first-order valence-electron chi connectivity index (χ1n) is 13.2. The third-order valence-corrected chi connectivity index (χ3v) is 8.56. The quantitative estimate of drug-likeness (QED) is 0.555. The number of amides is 2. The highest BCUT2D eigenvalue weighted by molar-refractivity contribution is 5.83. The van der Waals surface area contributed by atoms with Crippen LogP contribution in [0.4, 0.5) is 0 Å². The van der Waals surface area contributed by atoms with Crippen molar-refractivity contribution in [3.05, 3.63) is 0 Å². The molecule has 1 aliphatic carbocycles. The monoisotopic (exact) mass is 448 g/mol. The molecule has 0 bridgehead atoms. The molecule has 7 atom stereocenters. The van der Waals surface area contributed by atoms with Gasteiger partial charge in [-0.25, -0.2) is 0 Å². The molecule has 32 heavy (non-hydrogen) atoms. The van der Waals surface area contributed by atoms with Crippen LogP contribution in [0.2, 0.25) is 0 Å². The molecule has 3 saturated heterocycles. The van der Waals surface area contributed by atoms with E-state index in [-0.39, 0.29) is 29.9 Å². The lowest BCUT2D eigenvalue weighted by atomic mass is 9.76. The van der Waals surface area contributed by atoms with Gasteiger partial charge in [0.2, 0.25) is 11.8 Å². The van der Waals surface area contributed by atoms with Gasteiger partial charge in [0.15, 0.2) is 0 Å². The van der Waals surface area contributed by atoms with Gasteiger partial charge >= 0.3 is 0 Å². The maximum absolute atomic E-state index is 13.4. The third-order valence-electron chi connectivity index (χ3n) is 8.56. The number of ether oxygens (including phenoxy) is 1. The van der Waals surface area contributed by atoms with E-state index in [2.05, 4.69) is 29.8 Å². The number of nitrogens with one attached hydrogen (secondary N) is 3. The van der Waals surface area contributed by atoms with Gasteiger partial charge in [-0.3, -0.25) is 9.59 Å². The average molecular weight is 449 g/mol. The zero-order valence-corrected chi connectivity index (χ0v) is 20.1. The Balaban J connectivity index is 1.37. The Morgan fingerprint density at radius 3 is 2.72 bits per heavy atom. The van der Waals surface area contributed by atoms with Crippen LogP contribution in [0.25, 0.3) is 0 Å². The molecule has 182 valence electrons. The largest absolute Gasteiger partial charge is 0.378 e. The molecule has 4 rings (SSSR count). The Labute approximate surface area is 193 Å². The number of carbonyl (C=O) groups is 2. The topological polar surface area (TPSA) is 82.7 Å². The van der Waals surface area contributed by atoms with E-state index in [0.29, 0.717) is 62.9 Å². The van der Waals surface area contributed by atoms with E-state index in [1.807, 2.05) is 4.90 Å². The predicted molar refractivity (Wildman–Crippen MR) is 125 cm³/mol. The van der Waals surface area contributed by atoms with Crippen LogP contribution in [0.3, 0.4) is 0 Å². The maximum Gasteiger partial charge on any atom is 0.237 e. The van der Waals surface area contributed by atoms with Crippen molar-refractivity contribution in [3.63, 3.8) is 0 Å². The molecule has 3 aliphatic heterocycles. The SMILES string of the molecule is CCC1CCCC2CC(C(=O)NC(CCC(=O)N3CCOCC3)C3NCCCC3C)NC12. The molecule has 4 fully saturated rings. The predicted octanol–water partition coefficient (Wildman–Crippen LogP) is 2.06. The zero-order chi connectivity index (χ0) is 22.5. The normalized spacial score (nSPS) is 36.4. The van der Waals surface area contributed by atoms with E-state index >= 15 is 0 Å². The van der Waals surface area contributed by atoms with Crippen molar-refractivity contribution in [2.24, 2.45) is 17.8 Å². The summed E-state index contributed by atoms with van der Waals surface area (Å²) in [6, 6.07) is 0.637. The molecule has 0 aromatic carbocycles. The van der Waals surface area contributed by atoms with E-state index < -0.39 is 0 Å². The van der Waals surface area contributed by atoms with Crippen molar-refractivity contribution < 1.29 is 14.3 Å². The number of rotatable bonds is 7. The summed E-state index contributed by atoms with van der Waals surface area (Å²) in [4.78, 5) is 28.1. The fourth-order valence-corrected chi connectivity index (χ4v) is 6.65. The number of morpholine rings is 1. The second-order valence-electron chi connectivity index (χ2n) is 10.6. The van der Waals surface area contributed by atoms with E-state index in [9.17, 15) is 9.59 Å². The Morgan fingerprint density at radius 2 is 1.97 bits per heavy atom. The van der Waals surface area contributed by atoms with Crippen molar-refractivity contribution in [2.75, 3.05) is 32.8 Å². The van der Waals surface area contributed by atoms with Crippen LogP contribution in [-0.2, 0) is 14.3 Å². The molecule has 7 heteroatoms. The molecule has 4 aliphatic rings. The molecular formula is C25H44N4O3. The van der Waals surface area contributed by atoms with Crippen LogP contribution < -0.4 is 16.0 Å². The standard InChI is InChI=1S/C25H44N4O3/c1-3-18-7-4-8-19-16-21(27-24(18)19)25(31)28-20(23-17(2)6-5-11-26-23)9-10-22(30)29-12-14-32-15-13-29/h17-21,23-24,26-27H,3-16H2,1-2H3,(H,28,31). The fraction of sp³-hybridized carbons (Fsp3) is 0.920. The van der Waals surface area contributed by atoms with Gasteiger partial charge in [-0.2, -0.15) is 0 Å². The number of hydrogen-bond acceptors (Lipinski definition) is 5. The molecule has 0 radical (unpaired) electrons. The van der Waals surface area contributed by atoms with Crippen LogP contribution in [0.1, 0.15) is 71.6 Å². The molecule has 7 unspecified atom stereocenters. The summed E-state index contributed by atoms with van der Waals surface area (Å²) >= 11 is 0. The molecule has 3 N–H and O–H groups in total. The van der Waals surface area contributed by atoms with E-state index in [1.54, 1.807) is 0 Å². The summed E-state index contributed by atoms with van der Waals surface area (Å²) in [5, 5.41) is 10.8. The summed E-state index contributed by atoms with van der Waals surface area (Å²) in [7, 11) is 0. The molecule has 1 saturated carbocycles. The smallest absolute Gasteiger partial charge is 0.237 e. The van der Waals surface area contributed by atoms with Crippen molar-refractivity contribution >= 4 is 11.8 Å². The van der Waals surface area contributed by atoms with Crippen LogP contribution >= 0.6 is 0 Å². The summed E-state index contributed by atoms with van der Waals surface area (Å²) in [6.45, 7) is 8.16. The van der Waals surface area contributed by atoms with E-state index in [1.165, 1.54) is 38.5 Å². The molecule has 0 spiro atoms. The molecule has 0 aromatic heterocycles. The average Bonchev–Trinajstić information content (AvgIpc) is 3.27. The Morgan fingerprint density at radius 1 is 1.16 bits per heavy atom. The number of fused-ring (bicyclic) bond motifs is 1. The first-order chi connectivity index (χ1) is 15.6. The lowest BCUT2D eigenvalue weighted by molar-refractivity contribution is -0.135. The van der Waals surface area contributed by atoms with E-state index in [0.717, 1.165) is 13.0 Å². The second kappa shape index (κ2) is 11.3. The minimum atomic E-state index is -0.0894. The van der Waals surface area contributed by atoms with Gasteiger partial charge in [0.1, 0.15) is 0 Å². The van der Waals surface area contributed by atoms with Crippen molar-refractivity contribution in [2.45, 2.75) is 95.8 Å².